The minimum atomic E-state index is -0.336. The number of aromatic nitrogens is 6. The number of pyridine rings is 2. The maximum absolute atomic E-state index is 12.7. The molecule has 0 aliphatic rings. The number of aryl methyl sites for hydroxylation is 3. The second-order valence-electron chi connectivity index (χ2n) is 10.6. The third kappa shape index (κ3) is 7.56. The topological polar surface area (TPSA) is 167 Å². The van der Waals surface area contributed by atoms with Gasteiger partial charge in [-0.3, -0.25) is 19.6 Å². The molecule has 0 bridgehead atoms. The van der Waals surface area contributed by atoms with E-state index in [0.717, 1.165) is 16.7 Å². The van der Waals surface area contributed by atoms with Gasteiger partial charge in [0.15, 0.2) is 0 Å². The highest BCUT2D eigenvalue weighted by molar-refractivity contribution is 5.77. The van der Waals surface area contributed by atoms with Crippen molar-refractivity contribution in [1.29, 1.82) is 10.5 Å². The van der Waals surface area contributed by atoms with Crippen LogP contribution in [0.3, 0.4) is 0 Å². The molecule has 12 nitrogen and oxygen atoms in total. The summed E-state index contributed by atoms with van der Waals surface area (Å²) in [7, 11) is 0. The first-order valence-corrected chi connectivity index (χ1v) is 15.4. The van der Waals surface area contributed by atoms with E-state index in [2.05, 4.69) is 42.9 Å². The van der Waals surface area contributed by atoms with Crippen molar-refractivity contribution >= 4 is 22.7 Å². The van der Waals surface area contributed by atoms with Gasteiger partial charge in [0, 0.05) is 36.6 Å². The van der Waals surface area contributed by atoms with Crippen LogP contribution in [0.2, 0.25) is 0 Å². The van der Waals surface area contributed by atoms with E-state index in [0.29, 0.717) is 35.9 Å². The molecule has 6 aromatic rings. The predicted octanol–water partition coefficient (Wildman–Crippen LogP) is 6.19. The molecule has 49 heavy (non-hydrogen) atoms. The first-order chi connectivity index (χ1) is 23.9. The lowest BCUT2D eigenvalue weighted by atomic mass is 10.0. The average Bonchev–Trinajstić information content (AvgIpc) is 3.14. The van der Waals surface area contributed by atoms with Gasteiger partial charge in [-0.15, -0.1) is 0 Å². The second-order valence-corrected chi connectivity index (χ2v) is 10.6. The third-order valence-electron chi connectivity index (χ3n) is 7.33. The molecule has 6 rings (SSSR count). The Bertz CT molecular complexity index is 2270. The molecule has 0 aliphatic heterocycles. The summed E-state index contributed by atoms with van der Waals surface area (Å²) in [5.74, 6) is 0. The Hall–Kier alpha value is -6.92. The Morgan fingerprint density at radius 1 is 0.653 bits per heavy atom. The van der Waals surface area contributed by atoms with Crippen molar-refractivity contribution in [3.63, 3.8) is 0 Å². The van der Waals surface area contributed by atoms with E-state index >= 15 is 0 Å². The number of benzene rings is 2. The highest BCUT2D eigenvalue weighted by Gasteiger charge is 2.20. The maximum Gasteiger partial charge on any atom is 0.291 e. The minimum Gasteiger partial charge on any atom is -0.349 e. The van der Waals surface area contributed by atoms with Gasteiger partial charge in [0.1, 0.15) is 46.0 Å². The molecule has 0 spiro atoms. The van der Waals surface area contributed by atoms with Gasteiger partial charge in [-0.2, -0.15) is 20.7 Å². The van der Waals surface area contributed by atoms with E-state index < -0.39 is 0 Å². The molecule has 0 amide bonds. The molecule has 0 atom stereocenters. The lowest BCUT2D eigenvalue weighted by molar-refractivity contribution is 0.620. The molecule has 2 aromatic carbocycles. The molecule has 4 aromatic heterocycles. The molecule has 0 saturated heterocycles. The number of anilines is 4. The molecule has 2 N–H and O–H groups in total. The zero-order valence-electron chi connectivity index (χ0n) is 27.1. The Morgan fingerprint density at radius 3 is 1.57 bits per heavy atom. The standard InChI is InChI=1S/C19H17N5O.C18H15N5O/c1-3-24-19(25)18(22-15-8-5-9-21-12-15)16(11-20)17(23-24)14-7-4-6-13(2)10-14;1-2-23-18(24)17(21-14-9-6-10-20-12-14)15(11-19)16(22-23)13-7-4-3-5-8-13/h4-10,12,22H,3H2,1-2H3;3-10,12,21H,2H2,1H3. The van der Waals surface area contributed by atoms with Crippen molar-refractivity contribution in [3.8, 4) is 34.7 Å². The van der Waals surface area contributed by atoms with Crippen LogP contribution in [-0.2, 0) is 13.1 Å². The Morgan fingerprint density at radius 2 is 1.14 bits per heavy atom. The van der Waals surface area contributed by atoms with Crippen molar-refractivity contribution in [1.82, 2.24) is 29.5 Å². The number of nitrogens with one attached hydrogen (secondary N) is 2. The molecule has 4 heterocycles. The highest BCUT2D eigenvalue weighted by Crippen LogP contribution is 2.28. The summed E-state index contributed by atoms with van der Waals surface area (Å²) in [5, 5.41) is 34.1. The van der Waals surface area contributed by atoms with Gasteiger partial charge < -0.3 is 10.6 Å². The van der Waals surface area contributed by atoms with Crippen LogP contribution in [0, 0.1) is 29.6 Å². The largest absolute Gasteiger partial charge is 0.349 e. The summed E-state index contributed by atoms with van der Waals surface area (Å²) in [6.45, 7) is 6.47. The Kier molecular flexibility index (Phi) is 10.6. The molecule has 0 radical (unpaired) electrons. The molecule has 0 saturated carbocycles. The number of hydrogen-bond donors (Lipinski definition) is 2. The number of rotatable bonds is 8. The van der Waals surface area contributed by atoms with Crippen LogP contribution in [-0.4, -0.2) is 29.5 Å². The second kappa shape index (κ2) is 15.6. The van der Waals surface area contributed by atoms with Crippen LogP contribution in [0.15, 0.2) is 113 Å². The average molecular weight is 649 g/mol. The Labute approximate surface area is 282 Å². The van der Waals surface area contributed by atoms with Crippen molar-refractivity contribution in [3.05, 3.63) is 141 Å². The zero-order chi connectivity index (χ0) is 34.8. The molecule has 0 unspecified atom stereocenters. The summed E-state index contributed by atoms with van der Waals surface area (Å²) in [4.78, 5) is 33.4. The fourth-order valence-electron chi connectivity index (χ4n) is 4.97. The van der Waals surface area contributed by atoms with E-state index in [4.69, 9.17) is 0 Å². The lowest BCUT2D eigenvalue weighted by Gasteiger charge is -2.14. The predicted molar refractivity (Wildman–Crippen MR) is 188 cm³/mol. The molecular formula is C37H32N10O2. The van der Waals surface area contributed by atoms with E-state index in [1.165, 1.54) is 9.36 Å². The van der Waals surface area contributed by atoms with Gasteiger partial charge in [-0.25, -0.2) is 9.36 Å². The van der Waals surface area contributed by atoms with Crippen LogP contribution in [0.25, 0.3) is 22.5 Å². The van der Waals surface area contributed by atoms with Gasteiger partial charge >= 0.3 is 0 Å². The first kappa shape index (κ1) is 33.4. The molecule has 12 heteroatoms. The summed E-state index contributed by atoms with van der Waals surface area (Å²) in [5.41, 5.74) is 5.08. The monoisotopic (exact) mass is 648 g/mol. The fourth-order valence-corrected chi connectivity index (χ4v) is 4.97. The third-order valence-corrected chi connectivity index (χ3v) is 7.33. The smallest absolute Gasteiger partial charge is 0.291 e. The van der Waals surface area contributed by atoms with Crippen LogP contribution >= 0.6 is 0 Å². The van der Waals surface area contributed by atoms with Crippen LogP contribution in [0.5, 0.6) is 0 Å². The van der Waals surface area contributed by atoms with E-state index in [9.17, 15) is 20.1 Å². The van der Waals surface area contributed by atoms with Gasteiger partial charge in [0.2, 0.25) is 0 Å². The van der Waals surface area contributed by atoms with Crippen molar-refractivity contribution in [2.24, 2.45) is 0 Å². The quantitative estimate of drug-likeness (QED) is 0.194. The number of nitriles is 2. The molecule has 0 aliphatic carbocycles. The Balaban J connectivity index is 0.000000191. The lowest BCUT2D eigenvalue weighted by Crippen LogP contribution is -2.26. The van der Waals surface area contributed by atoms with Crippen molar-refractivity contribution in [2.45, 2.75) is 33.9 Å². The van der Waals surface area contributed by atoms with Gasteiger partial charge in [0.05, 0.1) is 23.8 Å². The number of hydrogen-bond acceptors (Lipinski definition) is 10. The van der Waals surface area contributed by atoms with E-state index in [-0.39, 0.29) is 33.6 Å². The number of nitrogens with zero attached hydrogens (tertiary/aromatic N) is 8. The van der Waals surface area contributed by atoms with Crippen molar-refractivity contribution in [2.75, 3.05) is 10.6 Å². The maximum atomic E-state index is 12.7. The van der Waals surface area contributed by atoms with E-state index in [1.807, 2.05) is 75.4 Å². The molecule has 0 fully saturated rings. The summed E-state index contributed by atoms with van der Waals surface area (Å²) in [6, 6.07) is 28.4. The van der Waals surface area contributed by atoms with Gasteiger partial charge in [-0.1, -0.05) is 54.1 Å². The van der Waals surface area contributed by atoms with E-state index in [1.54, 1.807) is 49.1 Å². The SMILES string of the molecule is CCn1nc(-c2cccc(C)c2)c(C#N)c(Nc2cccnc2)c1=O.CCn1nc(-c2ccccc2)c(C#N)c(Nc2cccnc2)c1=O. The molecular weight excluding hydrogens is 616 g/mol. The van der Waals surface area contributed by atoms with Gasteiger partial charge in [0.25, 0.3) is 11.1 Å². The fraction of sp³-hybridized carbons (Fsp3) is 0.135. The summed E-state index contributed by atoms with van der Waals surface area (Å²) >= 11 is 0. The summed E-state index contributed by atoms with van der Waals surface area (Å²) in [6.07, 6.45) is 6.48. The van der Waals surface area contributed by atoms with Gasteiger partial charge in [-0.05, 0) is 51.1 Å². The first-order valence-electron chi connectivity index (χ1n) is 15.4. The van der Waals surface area contributed by atoms with Crippen molar-refractivity contribution < 1.29 is 0 Å². The normalized spacial score (nSPS) is 10.2. The van der Waals surface area contributed by atoms with Crippen LogP contribution < -0.4 is 21.8 Å². The highest BCUT2D eigenvalue weighted by atomic mass is 16.1. The minimum absolute atomic E-state index is 0.209. The molecule has 242 valence electrons. The summed E-state index contributed by atoms with van der Waals surface area (Å²) < 4.78 is 2.71. The van der Waals surface area contributed by atoms with Crippen LogP contribution in [0.4, 0.5) is 22.7 Å². The van der Waals surface area contributed by atoms with Crippen LogP contribution in [0.1, 0.15) is 30.5 Å². The zero-order valence-corrected chi connectivity index (χ0v) is 27.1.